The van der Waals surface area contributed by atoms with Crippen molar-refractivity contribution in [1.82, 2.24) is 14.5 Å². The van der Waals surface area contributed by atoms with Crippen LogP contribution in [0.4, 0.5) is 0 Å². The molecular weight excluding hydrogens is 270 g/mol. The summed E-state index contributed by atoms with van der Waals surface area (Å²) in [5.74, 6) is 0. The van der Waals surface area contributed by atoms with Gasteiger partial charge in [0.2, 0.25) is 5.28 Å². The highest BCUT2D eigenvalue weighted by atomic mass is 35.5. The van der Waals surface area contributed by atoms with Gasteiger partial charge in [-0.3, -0.25) is 0 Å². The molecule has 0 bridgehead atoms. The molecule has 0 saturated heterocycles. The third-order valence-electron chi connectivity index (χ3n) is 3.95. The lowest BCUT2D eigenvalue weighted by Crippen LogP contribution is -1.97. The highest BCUT2D eigenvalue weighted by Crippen LogP contribution is 2.32. The molecule has 0 aliphatic heterocycles. The van der Waals surface area contributed by atoms with Crippen molar-refractivity contribution < 1.29 is 0 Å². The predicted molar refractivity (Wildman–Crippen MR) is 81.0 cm³/mol. The maximum Gasteiger partial charge on any atom is 0.223 e. The van der Waals surface area contributed by atoms with Crippen LogP contribution in [0.25, 0.3) is 22.0 Å². The summed E-state index contributed by atoms with van der Waals surface area (Å²) < 4.78 is 2.08. The van der Waals surface area contributed by atoms with Crippen LogP contribution < -0.4 is 0 Å². The lowest BCUT2D eigenvalue weighted by atomic mass is 10.0. The molecule has 0 saturated carbocycles. The fraction of sp³-hybridized carbons (Fsp3) is 0.250. The Bertz CT molecular complexity index is 820. The number of aromatic nitrogens is 3. The molecular formula is C16H14ClN3. The number of rotatable bonds is 1. The van der Waals surface area contributed by atoms with Gasteiger partial charge in [-0.15, -0.1) is 0 Å². The second-order valence-electron chi connectivity index (χ2n) is 5.39. The van der Waals surface area contributed by atoms with Crippen LogP contribution in [0.5, 0.6) is 0 Å². The zero-order chi connectivity index (χ0) is 13.7. The van der Waals surface area contributed by atoms with Gasteiger partial charge < -0.3 is 4.57 Å². The Morgan fingerprint density at radius 2 is 1.95 bits per heavy atom. The van der Waals surface area contributed by atoms with E-state index in [0.717, 1.165) is 36.2 Å². The van der Waals surface area contributed by atoms with Gasteiger partial charge in [-0.05, 0) is 47.7 Å². The Labute approximate surface area is 122 Å². The van der Waals surface area contributed by atoms with Gasteiger partial charge >= 0.3 is 0 Å². The minimum atomic E-state index is 0.355. The molecule has 0 fully saturated rings. The third-order valence-corrected chi connectivity index (χ3v) is 4.12. The summed E-state index contributed by atoms with van der Waals surface area (Å²) in [6.45, 7) is 0. The van der Waals surface area contributed by atoms with Gasteiger partial charge in [-0.2, -0.15) is 0 Å². The van der Waals surface area contributed by atoms with E-state index in [2.05, 4.69) is 45.1 Å². The molecule has 0 radical (unpaired) electrons. The topological polar surface area (TPSA) is 30.7 Å². The number of fused-ring (bicyclic) bond motifs is 2. The van der Waals surface area contributed by atoms with Gasteiger partial charge in [-0.25, -0.2) is 9.97 Å². The molecule has 0 N–H and O–H groups in total. The maximum absolute atomic E-state index is 6.07. The average molecular weight is 284 g/mol. The molecule has 0 spiro atoms. The Morgan fingerprint density at radius 1 is 1.10 bits per heavy atom. The first-order valence-corrected chi connectivity index (χ1v) is 7.20. The fourth-order valence-corrected chi connectivity index (χ4v) is 3.26. The Kier molecular flexibility index (Phi) is 2.57. The third kappa shape index (κ3) is 1.81. The summed E-state index contributed by atoms with van der Waals surface area (Å²) in [5, 5.41) is 2.83. The molecule has 100 valence electrons. The van der Waals surface area contributed by atoms with E-state index in [1.165, 1.54) is 16.3 Å². The Hall–Kier alpha value is -1.87. The van der Waals surface area contributed by atoms with Gasteiger partial charge in [0.1, 0.15) is 0 Å². The van der Waals surface area contributed by atoms with Crippen molar-refractivity contribution in [2.75, 3.05) is 0 Å². The van der Waals surface area contributed by atoms with E-state index in [0.29, 0.717) is 5.28 Å². The first-order valence-electron chi connectivity index (χ1n) is 6.82. The number of benzene rings is 1. The van der Waals surface area contributed by atoms with Gasteiger partial charge in [0.25, 0.3) is 0 Å². The maximum atomic E-state index is 6.07. The zero-order valence-electron chi connectivity index (χ0n) is 11.2. The van der Waals surface area contributed by atoms with Gasteiger partial charge in [0, 0.05) is 36.3 Å². The normalized spacial score (nSPS) is 13.9. The van der Waals surface area contributed by atoms with Crippen LogP contribution in [0.1, 0.15) is 17.7 Å². The number of halogens is 1. The minimum Gasteiger partial charge on any atom is -0.356 e. The Balaban J connectivity index is 1.94. The van der Waals surface area contributed by atoms with Gasteiger partial charge in [0.15, 0.2) is 0 Å². The van der Waals surface area contributed by atoms with Crippen LogP contribution in [0.3, 0.4) is 0 Å². The molecule has 4 rings (SSSR count). The average Bonchev–Trinajstić information content (AvgIpc) is 3.01. The molecule has 0 unspecified atom stereocenters. The van der Waals surface area contributed by atoms with Crippen LogP contribution in [-0.4, -0.2) is 14.5 Å². The van der Waals surface area contributed by atoms with E-state index in [4.69, 9.17) is 11.6 Å². The molecule has 3 aromatic rings. The number of hydrogen-bond donors (Lipinski definition) is 0. The summed E-state index contributed by atoms with van der Waals surface area (Å²) in [5.41, 5.74) is 4.52. The first kappa shape index (κ1) is 11.9. The van der Waals surface area contributed by atoms with E-state index >= 15 is 0 Å². The molecule has 1 aliphatic carbocycles. The molecule has 0 atom stereocenters. The summed E-state index contributed by atoms with van der Waals surface area (Å²) in [6.07, 6.45) is 7.45. The van der Waals surface area contributed by atoms with Gasteiger partial charge in [0.05, 0.1) is 5.69 Å². The number of aryl methyl sites for hydroxylation is 2. The van der Waals surface area contributed by atoms with Crippen LogP contribution in [0.15, 0.2) is 30.6 Å². The van der Waals surface area contributed by atoms with Crippen LogP contribution in [0, 0.1) is 0 Å². The molecule has 3 nitrogen and oxygen atoms in total. The highest BCUT2D eigenvalue weighted by molar-refractivity contribution is 6.28. The quantitative estimate of drug-likeness (QED) is 0.636. The molecule has 4 heteroatoms. The molecule has 2 heterocycles. The summed E-state index contributed by atoms with van der Waals surface area (Å²) in [6, 6.07) is 6.45. The van der Waals surface area contributed by atoms with Crippen molar-refractivity contribution in [1.29, 1.82) is 0 Å². The predicted octanol–water partition coefficient (Wildman–Crippen LogP) is 3.78. The van der Waals surface area contributed by atoms with E-state index in [-0.39, 0.29) is 0 Å². The summed E-state index contributed by atoms with van der Waals surface area (Å²) in [4.78, 5) is 8.83. The zero-order valence-corrected chi connectivity index (χ0v) is 12.0. The fourth-order valence-electron chi connectivity index (χ4n) is 3.07. The molecule has 20 heavy (non-hydrogen) atoms. The summed E-state index contributed by atoms with van der Waals surface area (Å²) in [7, 11) is 2.04. The summed E-state index contributed by atoms with van der Waals surface area (Å²) >= 11 is 6.07. The number of nitrogens with zero attached hydrogens (tertiary/aromatic N) is 3. The molecule has 2 aromatic heterocycles. The molecule has 1 aromatic carbocycles. The minimum absolute atomic E-state index is 0.355. The standard InChI is InChI=1S/C16H14ClN3/c1-20-8-11-6-5-10(7-12(11)9-20)15-13-3-2-4-14(13)18-16(17)19-15/h5-9H,2-4H2,1H3. The van der Waals surface area contributed by atoms with E-state index < -0.39 is 0 Å². The van der Waals surface area contributed by atoms with Crippen molar-refractivity contribution in [2.45, 2.75) is 19.3 Å². The van der Waals surface area contributed by atoms with Crippen molar-refractivity contribution in [2.24, 2.45) is 7.05 Å². The molecule has 0 amide bonds. The number of hydrogen-bond acceptors (Lipinski definition) is 2. The van der Waals surface area contributed by atoms with E-state index in [1.807, 2.05) is 7.05 Å². The van der Waals surface area contributed by atoms with Gasteiger partial charge in [-0.1, -0.05) is 12.1 Å². The second kappa shape index (κ2) is 4.32. The first-order chi connectivity index (χ1) is 9.70. The van der Waals surface area contributed by atoms with Crippen molar-refractivity contribution >= 4 is 22.4 Å². The van der Waals surface area contributed by atoms with Crippen LogP contribution >= 0.6 is 11.6 Å². The lowest BCUT2D eigenvalue weighted by molar-refractivity contribution is 0.899. The van der Waals surface area contributed by atoms with E-state index in [9.17, 15) is 0 Å². The smallest absolute Gasteiger partial charge is 0.223 e. The largest absolute Gasteiger partial charge is 0.356 e. The highest BCUT2D eigenvalue weighted by Gasteiger charge is 2.20. The van der Waals surface area contributed by atoms with Crippen molar-refractivity contribution in [3.8, 4) is 11.3 Å². The second-order valence-corrected chi connectivity index (χ2v) is 5.73. The molecule has 1 aliphatic rings. The van der Waals surface area contributed by atoms with Crippen molar-refractivity contribution in [3.63, 3.8) is 0 Å². The lowest BCUT2D eigenvalue weighted by Gasteiger charge is -2.08. The van der Waals surface area contributed by atoms with Crippen molar-refractivity contribution in [3.05, 3.63) is 47.1 Å². The SMILES string of the molecule is Cn1cc2ccc(-c3nc(Cl)nc4c3CCC4)cc2c1. The van der Waals surface area contributed by atoms with Crippen LogP contribution in [-0.2, 0) is 19.9 Å². The van der Waals surface area contributed by atoms with E-state index in [1.54, 1.807) is 0 Å². The Morgan fingerprint density at radius 3 is 2.85 bits per heavy atom. The van der Waals surface area contributed by atoms with Crippen LogP contribution in [0.2, 0.25) is 5.28 Å². The monoisotopic (exact) mass is 283 g/mol.